The number of alkyl halides is 6. The molecular weight excluding hydrogens is 226 g/mol. The van der Waals surface area contributed by atoms with E-state index in [-0.39, 0.29) is 0 Å². The van der Waals surface area contributed by atoms with Crippen LogP contribution in [0, 0.1) is 6.07 Å². The van der Waals surface area contributed by atoms with Crippen LogP contribution in [0.15, 0.2) is 18.2 Å². The number of hydrogen-bond acceptors (Lipinski definition) is 1. The average molecular weight is 229 g/mol. The van der Waals surface area contributed by atoms with E-state index in [1.807, 2.05) is 0 Å². The topological polar surface area (TPSA) is 9.23 Å². The van der Waals surface area contributed by atoms with Gasteiger partial charge in [0.2, 0.25) is 0 Å². The van der Waals surface area contributed by atoms with Crippen molar-refractivity contribution in [2.75, 3.05) is 0 Å². The lowest BCUT2D eigenvalue weighted by Crippen LogP contribution is -2.17. The normalized spacial score (nSPS) is 12.7. The maximum atomic E-state index is 12.0. The van der Waals surface area contributed by atoms with Crippen molar-refractivity contribution in [3.63, 3.8) is 0 Å². The highest BCUT2D eigenvalue weighted by Crippen LogP contribution is 2.32. The quantitative estimate of drug-likeness (QED) is 0.670. The van der Waals surface area contributed by atoms with Crippen LogP contribution in [0.25, 0.3) is 0 Å². The highest BCUT2D eigenvalue weighted by molar-refractivity contribution is 5.28. The Bertz CT molecular complexity index is 340. The smallest absolute Gasteiger partial charge is 0.405 e. The van der Waals surface area contributed by atoms with Gasteiger partial charge in [-0.3, -0.25) is 0 Å². The van der Waals surface area contributed by atoms with Gasteiger partial charge in [-0.25, -0.2) is 0 Å². The van der Waals surface area contributed by atoms with E-state index in [9.17, 15) is 26.3 Å². The molecule has 0 aliphatic rings. The molecule has 0 aliphatic carbocycles. The van der Waals surface area contributed by atoms with Crippen molar-refractivity contribution in [1.82, 2.24) is 0 Å². The standard InChI is InChI=1S/C8H3F6O/c9-7(10,11)5-2-1-3-6(4-5)15-8(12,13)14/h1-3H. The van der Waals surface area contributed by atoms with Crippen molar-refractivity contribution in [1.29, 1.82) is 0 Å². The summed E-state index contributed by atoms with van der Waals surface area (Å²) >= 11 is 0. The fourth-order valence-electron chi connectivity index (χ4n) is 0.797. The van der Waals surface area contributed by atoms with Gasteiger partial charge in [0, 0.05) is 6.07 Å². The molecule has 83 valence electrons. The SMILES string of the molecule is FC(F)(F)Oc1[c]c(C(F)(F)F)ccc1. The fourth-order valence-corrected chi connectivity index (χ4v) is 0.797. The molecule has 1 aromatic rings. The van der Waals surface area contributed by atoms with Crippen LogP contribution < -0.4 is 4.74 Å². The molecule has 0 aromatic heterocycles. The lowest BCUT2D eigenvalue weighted by molar-refractivity contribution is -0.274. The van der Waals surface area contributed by atoms with Crippen LogP contribution in [-0.4, -0.2) is 6.36 Å². The van der Waals surface area contributed by atoms with E-state index >= 15 is 0 Å². The Labute approximate surface area is 80.3 Å². The molecule has 0 heterocycles. The van der Waals surface area contributed by atoms with Gasteiger partial charge in [0.05, 0.1) is 5.56 Å². The zero-order valence-electron chi connectivity index (χ0n) is 6.91. The van der Waals surface area contributed by atoms with E-state index < -0.39 is 23.9 Å². The molecule has 0 aliphatic heterocycles. The summed E-state index contributed by atoms with van der Waals surface area (Å²) in [6.45, 7) is 0. The van der Waals surface area contributed by atoms with E-state index in [2.05, 4.69) is 4.74 Å². The third-order valence-corrected chi connectivity index (χ3v) is 1.30. The Kier molecular flexibility index (Phi) is 2.83. The Morgan fingerprint density at radius 1 is 1.00 bits per heavy atom. The largest absolute Gasteiger partial charge is 0.573 e. The first-order chi connectivity index (χ1) is 6.68. The van der Waals surface area contributed by atoms with Crippen LogP contribution in [0.3, 0.4) is 0 Å². The summed E-state index contributed by atoms with van der Waals surface area (Å²) < 4.78 is 74.3. The molecule has 0 bridgehead atoms. The van der Waals surface area contributed by atoms with Crippen molar-refractivity contribution >= 4 is 0 Å². The second kappa shape index (κ2) is 3.63. The molecule has 1 radical (unpaired) electrons. The van der Waals surface area contributed by atoms with Gasteiger partial charge >= 0.3 is 12.5 Å². The lowest BCUT2D eigenvalue weighted by Gasteiger charge is -2.10. The van der Waals surface area contributed by atoms with Gasteiger partial charge in [0.1, 0.15) is 5.75 Å². The van der Waals surface area contributed by atoms with E-state index in [1.165, 1.54) is 6.07 Å². The van der Waals surface area contributed by atoms with E-state index in [0.717, 1.165) is 12.1 Å². The molecule has 0 unspecified atom stereocenters. The van der Waals surface area contributed by atoms with Crippen molar-refractivity contribution < 1.29 is 31.1 Å². The van der Waals surface area contributed by atoms with Crippen molar-refractivity contribution in [3.8, 4) is 5.75 Å². The second-order valence-corrected chi connectivity index (χ2v) is 2.47. The zero-order chi connectivity index (χ0) is 11.7. The Balaban J connectivity index is 2.94. The fraction of sp³-hybridized carbons (Fsp3) is 0.250. The minimum absolute atomic E-state index is 0.600. The zero-order valence-corrected chi connectivity index (χ0v) is 6.91. The first-order valence-electron chi connectivity index (χ1n) is 3.54. The van der Waals surface area contributed by atoms with Gasteiger partial charge in [0.25, 0.3) is 0 Å². The number of benzene rings is 1. The molecule has 0 atom stereocenters. The van der Waals surface area contributed by atoms with E-state index in [4.69, 9.17) is 0 Å². The molecule has 0 fully saturated rings. The van der Waals surface area contributed by atoms with Gasteiger partial charge in [-0.05, 0) is 12.1 Å². The van der Waals surface area contributed by atoms with Crippen molar-refractivity contribution in [3.05, 3.63) is 29.8 Å². The second-order valence-electron chi connectivity index (χ2n) is 2.47. The van der Waals surface area contributed by atoms with Gasteiger partial charge in [-0.15, -0.1) is 13.2 Å². The highest BCUT2D eigenvalue weighted by atomic mass is 19.4. The summed E-state index contributed by atoms with van der Waals surface area (Å²) in [4.78, 5) is 0. The van der Waals surface area contributed by atoms with Gasteiger partial charge in [-0.2, -0.15) is 13.2 Å². The Morgan fingerprint density at radius 3 is 2.07 bits per heavy atom. The predicted octanol–water partition coefficient (Wildman–Crippen LogP) is 3.40. The Hall–Kier alpha value is -1.40. The van der Waals surface area contributed by atoms with E-state index in [0.29, 0.717) is 6.07 Å². The minimum atomic E-state index is -5.03. The van der Waals surface area contributed by atoms with Crippen molar-refractivity contribution in [2.45, 2.75) is 12.5 Å². The summed E-state index contributed by atoms with van der Waals surface area (Å²) in [5, 5.41) is 0. The molecule has 1 aromatic carbocycles. The lowest BCUT2D eigenvalue weighted by atomic mass is 10.2. The first kappa shape index (κ1) is 11.7. The maximum Gasteiger partial charge on any atom is 0.573 e. The molecule has 0 saturated heterocycles. The summed E-state index contributed by atoms with van der Waals surface area (Å²) in [5.74, 6) is -1.02. The first-order valence-corrected chi connectivity index (χ1v) is 3.54. The van der Waals surface area contributed by atoms with Crippen LogP contribution in [0.2, 0.25) is 0 Å². The minimum Gasteiger partial charge on any atom is -0.405 e. The van der Waals surface area contributed by atoms with Crippen LogP contribution in [0.1, 0.15) is 5.56 Å². The molecule has 0 spiro atoms. The third kappa shape index (κ3) is 3.69. The van der Waals surface area contributed by atoms with Gasteiger partial charge < -0.3 is 4.74 Å². The van der Waals surface area contributed by atoms with Crippen LogP contribution in [-0.2, 0) is 6.18 Å². The van der Waals surface area contributed by atoms with Crippen LogP contribution >= 0.6 is 0 Å². The summed E-state index contributed by atoms with van der Waals surface area (Å²) in [7, 11) is 0. The predicted molar refractivity (Wildman–Crippen MR) is 37.0 cm³/mol. The monoisotopic (exact) mass is 229 g/mol. The third-order valence-electron chi connectivity index (χ3n) is 1.30. The summed E-state index contributed by atoms with van der Waals surface area (Å²) in [6, 6.07) is 3.62. The number of rotatable bonds is 1. The van der Waals surface area contributed by atoms with Crippen LogP contribution in [0.5, 0.6) is 5.75 Å². The number of hydrogen-bond donors (Lipinski definition) is 0. The summed E-state index contributed by atoms with van der Waals surface area (Å²) in [6.07, 6.45) is -9.77. The highest BCUT2D eigenvalue weighted by Gasteiger charge is 2.34. The van der Waals surface area contributed by atoms with E-state index in [1.54, 1.807) is 0 Å². The molecule has 7 heteroatoms. The molecule has 0 saturated carbocycles. The number of ether oxygens (including phenoxy) is 1. The Morgan fingerprint density at radius 2 is 1.60 bits per heavy atom. The molecular formula is C8H3F6O. The molecule has 0 N–H and O–H groups in total. The molecule has 0 amide bonds. The van der Waals surface area contributed by atoms with Crippen LogP contribution in [0.4, 0.5) is 26.3 Å². The molecule has 1 nitrogen and oxygen atoms in total. The average Bonchev–Trinajstić information content (AvgIpc) is 1.99. The molecule has 1 rings (SSSR count). The van der Waals surface area contributed by atoms with Gasteiger partial charge in [-0.1, -0.05) is 6.07 Å². The summed E-state index contributed by atoms with van der Waals surface area (Å²) in [5.41, 5.74) is -1.32. The van der Waals surface area contributed by atoms with Gasteiger partial charge in [0.15, 0.2) is 0 Å². The maximum absolute atomic E-state index is 12.0. The molecule has 15 heavy (non-hydrogen) atoms. The number of halogens is 6. The van der Waals surface area contributed by atoms with Crippen molar-refractivity contribution in [2.24, 2.45) is 0 Å².